The summed E-state index contributed by atoms with van der Waals surface area (Å²) in [6, 6.07) is 4.04. The molecule has 0 amide bonds. The van der Waals surface area contributed by atoms with Crippen molar-refractivity contribution in [2.45, 2.75) is 19.9 Å². The molecule has 0 aliphatic carbocycles. The van der Waals surface area contributed by atoms with Crippen LogP contribution in [0.3, 0.4) is 0 Å². The smallest absolute Gasteiger partial charge is 0.136 e. The van der Waals surface area contributed by atoms with E-state index < -0.39 is 0 Å². The maximum Gasteiger partial charge on any atom is 0.136 e. The van der Waals surface area contributed by atoms with Gasteiger partial charge in [-0.2, -0.15) is 5.10 Å². The normalized spacial score (nSPS) is 13.0. The second kappa shape index (κ2) is 4.54. The van der Waals surface area contributed by atoms with Gasteiger partial charge in [-0.15, -0.1) is 11.3 Å². The maximum absolute atomic E-state index is 6.01. The standard InChI is InChI=1S/C10H11ClIN3S/c1-5-9(12)10(13)15(14-5)6(2)7-3-4-8(11)16-7/h3-4,6H,13H2,1-2H3. The third kappa shape index (κ3) is 2.08. The lowest BCUT2D eigenvalue weighted by Gasteiger charge is -2.11. The summed E-state index contributed by atoms with van der Waals surface area (Å²) < 4.78 is 3.66. The topological polar surface area (TPSA) is 43.8 Å². The number of aryl methyl sites for hydroxylation is 1. The monoisotopic (exact) mass is 367 g/mol. The predicted octanol–water partition coefficient (Wildman–Crippen LogP) is 3.70. The van der Waals surface area contributed by atoms with Gasteiger partial charge in [-0.25, -0.2) is 4.68 Å². The molecule has 2 aromatic heterocycles. The number of thiophene rings is 1. The molecule has 86 valence electrons. The van der Waals surface area contributed by atoms with Crippen LogP contribution in [0.25, 0.3) is 0 Å². The van der Waals surface area contributed by atoms with Crippen LogP contribution in [-0.2, 0) is 0 Å². The zero-order valence-electron chi connectivity index (χ0n) is 8.87. The van der Waals surface area contributed by atoms with E-state index in [1.54, 1.807) is 11.3 Å². The molecule has 1 atom stereocenters. The average Bonchev–Trinajstić information content (AvgIpc) is 2.78. The molecular formula is C10H11ClIN3S. The molecule has 2 N–H and O–H groups in total. The van der Waals surface area contributed by atoms with Gasteiger partial charge in [0.25, 0.3) is 0 Å². The summed E-state index contributed by atoms with van der Waals surface area (Å²) in [6.07, 6.45) is 0. The number of halogens is 2. The molecule has 0 aliphatic rings. The Bertz CT molecular complexity index is 520. The Morgan fingerprint density at radius 1 is 1.56 bits per heavy atom. The maximum atomic E-state index is 6.01. The van der Waals surface area contributed by atoms with Crippen LogP contribution in [0.2, 0.25) is 4.34 Å². The molecule has 0 spiro atoms. The molecule has 0 aromatic carbocycles. The summed E-state index contributed by atoms with van der Waals surface area (Å²) in [5.74, 6) is 0.718. The largest absolute Gasteiger partial charge is 0.383 e. The van der Waals surface area contributed by atoms with Crippen molar-refractivity contribution < 1.29 is 0 Å². The molecule has 0 bridgehead atoms. The molecule has 0 saturated heterocycles. The molecule has 1 unspecified atom stereocenters. The molecule has 0 radical (unpaired) electrons. The lowest BCUT2D eigenvalue weighted by molar-refractivity contribution is 0.577. The fourth-order valence-electron chi connectivity index (χ4n) is 1.51. The van der Waals surface area contributed by atoms with Gasteiger partial charge in [-0.05, 0) is 48.6 Å². The molecule has 0 aliphatic heterocycles. The van der Waals surface area contributed by atoms with E-state index in [1.165, 1.54) is 0 Å². The summed E-state index contributed by atoms with van der Waals surface area (Å²) in [5.41, 5.74) is 6.98. The Hall–Kier alpha value is -0.270. The fraction of sp³-hybridized carbons (Fsp3) is 0.300. The van der Waals surface area contributed by atoms with E-state index >= 15 is 0 Å². The number of nitrogens with two attached hydrogens (primary N) is 1. The van der Waals surface area contributed by atoms with Gasteiger partial charge in [-0.1, -0.05) is 11.6 Å². The molecule has 0 fully saturated rings. The number of aromatic nitrogens is 2. The van der Waals surface area contributed by atoms with E-state index in [1.807, 2.05) is 23.7 Å². The molecule has 2 aromatic rings. The Balaban J connectivity index is 2.41. The van der Waals surface area contributed by atoms with Gasteiger partial charge < -0.3 is 5.73 Å². The SMILES string of the molecule is Cc1nn(C(C)c2ccc(Cl)s2)c(N)c1I. The number of nitrogen functional groups attached to an aromatic ring is 1. The summed E-state index contributed by atoms with van der Waals surface area (Å²) in [6.45, 7) is 4.03. The summed E-state index contributed by atoms with van der Waals surface area (Å²) in [5, 5.41) is 4.44. The number of hydrogen-bond acceptors (Lipinski definition) is 3. The van der Waals surface area contributed by atoms with Crippen LogP contribution in [0.5, 0.6) is 0 Å². The van der Waals surface area contributed by atoms with E-state index in [0.29, 0.717) is 0 Å². The molecule has 6 heteroatoms. The Morgan fingerprint density at radius 3 is 2.69 bits per heavy atom. The summed E-state index contributed by atoms with van der Waals surface area (Å²) >= 11 is 9.70. The first-order valence-electron chi connectivity index (χ1n) is 4.76. The highest BCUT2D eigenvalue weighted by Gasteiger charge is 2.17. The van der Waals surface area contributed by atoms with Crippen molar-refractivity contribution in [3.8, 4) is 0 Å². The fourth-order valence-corrected chi connectivity index (χ4v) is 2.97. The summed E-state index contributed by atoms with van der Waals surface area (Å²) in [4.78, 5) is 1.16. The minimum Gasteiger partial charge on any atom is -0.383 e. The highest BCUT2D eigenvalue weighted by molar-refractivity contribution is 14.1. The van der Waals surface area contributed by atoms with E-state index in [2.05, 4.69) is 34.6 Å². The van der Waals surface area contributed by atoms with E-state index in [0.717, 1.165) is 24.3 Å². The van der Waals surface area contributed by atoms with Crippen LogP contribution in [0.1, 0.15) is 23.5 Å². The Morgan fingerprint density at radius 2 is 2.25 bits per heavy atom. The van der Waals surface area contributed by atoms with Crippen LogP contribution >= 0.6 is 45.5 Å². The first kappa shape index (κ1) is 12.2. The molecular weight excluding hydrogens is 357 g/mol. The quantitative estimate of drug-likeness (QED) is 0.823. The van der Waals surface area contributed by atoms with Crippen LogP contribution in [0.4, 0.5) is 5.82 Å². The van der Waals surface area contributed by atoms with E-state index in [9.17, 15) is 0 Å². The molecule has 16 heavy (non-hydrogen) atoms. The van der Waals surface area contributed by atoms with Crippen LogP contribution < -0.4 is 5.73 Å². The third-order valence-electron chi connectivity index (χ3n) is 2.42. The van der Waals surface area contributed by atoms with Crippen molar-refractivity contribution in [2.24, 2.45) is 0 Å². The van der Waals surface area contributed by atoms with Crippen molar-refractivity contribution in [1.82, 2.24) is 9.78 Å². The highest BCUT2D eigenvalue weighted by atomic mass is 127. The van der Waals surface area contributed by atoms with Crippen molar-refractivity contribution in [3.05, 3.63) is 30.6 Å². The second-order valence-corrected chi connectivity index (χ2v) is 6.37. The Labute approximate surface area is 117 Å². The van der Waals surface area contributed by atoms with Gasteiger partial charge in [-0.3, -0.25) is 0 Å². The minimum absolute atomic E-state index is 0.125. The second-order valence-electron chi connectivity index (χ2n) is 3.55. The number of anilines is 1. The number of hydrogen-bond donors (Lipinski definition) is 1. The van der Waals surface area contributed by atoms with Gasteiger partial charge in [0.2, 0.25) is 0 Å². The molecule has 0 saturated carbocycles. The molecule has 3 nitrogen and oxygen atoms in total. The van der Waals surface area contributed by atoms with Crippen molar-refractivity contribution >= 4 is 51.3 Å². The van der Waals surface area contributed by atoms with Crippen LogP contribution in [0, 0.1) is 10.5 Å². The first-order valence-corrected chi connectivity index (χ1v) is 7.03. The van der Waals surface area contributed by atoms with Gasteiger partial charge in [0.05, 0.1) is 19.6 Å². The van der Waals surface area contributed by atoms with Gasteiger partial charge in [0.1, 0.15) is 5.82 Å². The van der Waals surface area contributed by atoms with Gasteiger partial charge in [0, 0.05) is 4.88 Å². The third-order valence-corrected chi connectivity index (χ3v) is 5.15. The van der Waals surface area contributed by atoms with Crippen LogP contribution in [-0.4, -0.2) is 9.78 Å². The highest BCUT2D eigenvalue weighted by Crippen LogP contribution is 2.31. The predicted molar refractivity (Wildman–Crippen MR) is 77.2 cm³/mol. The average molecular weight is 368 g/mol. The zero-order chi connectivity index (χ0) is 11.9. The van der Waals surface area contributed by atoms with Gasteiger partial charge >= 0.3 is 0 Å². The van der Waals surface area contributed by atoms with E-state index in [4.69, 9.17) is 17.3 Å². The molecule has 2 rings (SSSR count). The Kier molecular flexibility index (Phi) is 3.46. The van der Waals surface area contributed by atoms with E-state index in [-0.39, 0.29) is 6.04 Å². The molecule has 2 heterocycles. The van der Waals surface area contributed by atoms with Crippen LogP contribution in [0.15, 0.2) is 12.1 Å². The number of rotatable bonds is 2. The van der Waals surface area contributed by atoms with Crippen molar-refractivity contribution in [3.63, 3.8) is 0 Å². The minimum atomic E-state index is 0.125. The lowest BCUT2D eigenvalue weighted by Crippen LogP contribution is -2.10. The van der Waals surface area contributed by atoms with Gasteiger partial charge in [0.15, 0.2) is 0 Å². The first-order chi connectivity index (χ1) is 7.50. The van der Waals surface area contributed by atoms with Crippen molar-refractivity contribution in [1.29, 1.82) is 0 Å². The van der Waals surface area contributed by atoms with Crippen molar-refractivity contribution in [2.75, 3.05) is 5.73 Å². The summed E-state index contributed by atoms with van der Waals surface area (Å²) in [7, 11) is 0. The lowest BCUT2D eigenvalue weighted by atomic mass is 10.3. The number of nitrogens with zero attached hydrogens (tertiary/aromatic N) is 2. The zero-order valence-corrected chi connectivity index (χ0v) is 12.6.